The van der Waals surface area contributed by atoms with Crippen molar-refractivity contribution in [1.82, 2.24) is 4.72 Å². The molecule has 3 N–H and O–H groups in total. The monoisotopic (exact) mass is 270 g/mol. The third-order valence-corrected chi connectivity index (χ3v) is 4.27. The number of benzene rings is 1. The van der Waals surface area contributed by atoms with E-state index in [2.05, 4.69) is 4.72 Å². The Morgan fingerprint density at radius 2 is 2.17 bits per heavy atom. The van der Waals surface area contributed by atoms with Crippen LogP contribution in [0.5, 0.6) is 0 Å². The van der Waals surface area contributed by atoms with Crippen LogP contribution in [0, 0.1) is 0 Å². The van der Waals surface area contributed by atoms with E-state index in [1.54, 1.807) is 6.07 Å². The Bertz CT molecular complexity index is 496. The highest BCUT2D eigenvalue weighted by molar-refractivity contribution is 7.88. The molecule has 100 valence electrons. The van der Waals surface area contributed by atoms with Crippen LogP contribution in [-0.2, 0) is 27.1 Å². The van der Waals surface area contributed by atoms with Crippen molar-refractivity contribution in [2.75, 3.05) is 13.2 Å². The van der Waals surface area contributed by atoms with E-state index < -0.39 is 10.0 Å². The molecule has 18 heavy (non-hydrogen) atoms. The molecule has 6 heteroatoms. The van der Waals surface area contributed by atoms with Crippen molar-refractivity contribution in [3.05, 3.63) is 35.4 Å². The van der Waals surface area contributed by atoms with Gasteiger partial charge in [0.25, 0.3) is 0 Å². The summed E-state index contributed by atoms with van der Waals surface area (Å²) in [4.78, 5) is 0. The first-order valence-electron chi connectivity index (χ1n) is 5.95. The van der Waals surface area contributed by atoms with Crippen molar-refractivity contribution >= 4 is 10.0 Å². The molecular formula is C12H18N2O3S. The normalized spacial score (nSPS) is 20.2. The Morgan fingerprint density at radius 3 is 2.83 bits per heavy atom. The Kier molecular flexibility index (Phi) is 4.34. The lowest BCUT2D eigenvalue weighted by atomic mass is 10.1. The van der Waals surface area contributed by atoms with E-state index in [-0.39, 0.29) is 11.8 Å². The molecule has 0 radical (unpaired) electrons. The molecule has 1 saturated heterocycles. The van der Waals surface area contributed by atoms with Crippen LogP contribution in [0.3, 0.4) is 0 Å². The van der Waals surface area contributed by atoms with Crippen molar-refractivity contribution in [3.8, 4) is 0 Å². The summed E-state index contributed by atoms with van der Waals surface area (Å²) in [6.07, 6.45) is 0.738. The van der Waals surface area contributed by atoms with Gasteiger partial charge in [-0.2, -0.15) is 0 Å². The smallest absolute Gasteiger partial charge is 0.216 e. The Hall–Kier alpha value is -0.950. The number of hydrogen-bond acceptors (Lipinski definition) is 4. The number of nitrogens with one attached hydrogen (secondary N) is 1. The van der Waals surface area contributed by atoms with Crippen molar-refractivity contribution < 1.29 is 13.2 Å². The Morgan fingerprint density at radius 1 is 1.39 bits per heavy atom. The van der Waals surface area contributed by atoms with Crippen LogP contribution in [0.25, 0.3) is 0 Å². The molecule has 0 aromatic heterocycles. The zero-order valence-corrected chi connectivity index (χ0v) is 10.9. The average molecular weight is 270 g/mol. The molecule has 1 heterocycles. The van der Waals surface area contributed by atoms with Gasteiger partial charge in [-0.05, 0) is 17.5 Å². The van der Waals surface area contributed by atoms with Crippen molar-refractivity contribution in [3.63, 3.8) is 0 Å². The summed E-state index contributed by atoms with van der Waals surface area (Å²) in [5.41, 5.74) is 7.22. The fraction of sp³-hybridized carbons (Fsp3) is 0.500. The van der Waals surface area contributed by atoms with E-state index in [4.69, 9.17) is 10.5 Å². The lowest BCUT2D eigenvalue weighted by Crippen LogP contribution is -2.35. The number of ether oxygens (including phenoxy) is 1. The van der Waals surface area contributed by atoms with E-state index in [0.717, 1.165) is 17.5 Å². The molecule has 0 amide bonds. The quantitative estimate of drug-likeness (QED) is 0.809. The van der Waals surface area contributed by atoms with Gasteiger partial charge in [-0.25, -0.2) is 13.1 Å². The lowest BCUT2D eigenvalue weighted by molar-refractivity contribution is 0.192. The van der Waals surface area contributed by atoms with E-state index in [0.29, 0.717) is 19.8 Å². The van der Waals surface area contributed by atoms with Gasteiger partial charge in [-0.15, -0.1) is 0 Å². The summed E-state index contributed by atoms with van der Waals surface area (Å²) >= 11 is 0. The summed E-state index contributed by atoms with van der Waals surface area (Å²) < 4.78 is 31.7. The highest BCUT2D eigenvalue weighted by Gasteiger charge is 2.22. The zero-order valence-electron chi connectivity index (χ0n) is 10.1. The minimum absolute atomic E-state index is 0.0165. The van der Waals surface area contributed by atoms with E-state index in [1.165, 1.54) is 0 Å². The second-order valence-corrected chi connectivity index (χ2v) is 6.22. The van der Waals surface area contributed by atoms with E-state index in [9.17, 15) is 8.42 Å². The molecule has 1 aliphatic heterocycles. The van der Waals surface area contributed by atoms with Crippen molar-refractivity contribution in [2.24, 2.45) is 5.73 Å². The van der Waals surface area contributed by atoms with Gasteiger partial charge in [0.05, 0.1) is 12.4 Å². The predicted octanol–water partition coefficient (Wildman–Crippen LogP) is 0.354. The van der Waals surface area contributed by atoms with Gasteiger partial charge in [0.2, 0.25) is 10.0 Å². The van der Waals surface area contributed by atoms with Gasteiger partial charge in [-0.1, -0.05) is 24.3 Å². The summed E-state index contributed by atoms with van der Waals surface area (Å²) in [5, 5.41) is 0. The molecular weight excluding hydrogens is 252 g/mol. The van der Waals surface area contributed by atoms with Crippen LogP contribution in [0.4, 0.5) is 0 Å². The van der Waals surface area contributed by atoms with Gasteiger partial charge in [0, 0.05) is 19.2 Å². The zero-order chi connectivity index (χ0) is 13.0. The molecule has 1 atom stereocenters. The topological polar surface area (TPSA) is 81.4 Å². The van der Waals surface area contributed by atoms with E-state index >= 15 is 0 Å². The first-order chi connectivity index (χ1) is 8.59. The first kappa shape index (κ1) is 13.5. The minimum atomic E-state index is -3.31. The maximum Gasteiger partial charge on any atom is 0.216 e. The molecule has 1 aromatic carbocycles. The van der Waals surface area contributed by atoms with Crippen LogP contribution in [0.15, 0.2) is 24.3 Å². The highest BCUT2D eigenvalue weighted by atomic mass is 32.2. The molecule has 1 fully saturated rings. The van der Waals surface area contributed by atoms with Crippen LogP contribution in [-0.4, -0.2) is 27.7 Å². The number of nitrogens with two attached hydrogens (primary N) is 1. The molecule has 1 aromatic rings. The van der Waals surface area contributed by atoms with E-state index in [1.807, 2.05) is 18.2 Å². The fourth-order valence-electron chi connectivity index (χ4n) is 1.99. The van der Waals surface area contributed by atoms with Crippen LogP contribution in [0.1, 0.15) is 17.5 Å². The maximum atomic E-state index is 12.0. The fourth-order valence-corrected chi connectivity index (χ4v) is 3.38. The van der Waals surface area contributed by atoms with Gasteiger partial charge in [0.1, 0.15) is 0 Å². The van der Waals surface area contributed by atoms with Crippen molar-refractivity contribution in [1.29, 1.82) is 0 Å². The molecule has 1 aliphatic rings. The third kappa shape index (κ3) is 3.78. The summed E-state index contributed by atoms with van der Waals surface area (Å²) in [5.74, 6) is -0.0165. The number of rotatable bonds is 5. The number of sulfonamides is 1. The molecule has 1 unspecified atom stereocenters. The third-order valence-electron chi connectivity index (χ3n) is 2.86. The summed E-state index contributed by atoms with van der Waals surface area (Å²) in [6, 6.07) is 7.24. The highest BCUT2D eigenvalue weighted by Crippen LogP contribution is 2.11. The standard InChI is InChI=1S/C12H18N2O3S/c13-7-10-2-1-3-11(6-10)9-18(15,16)14-12-4-5-17-8-12/h1-3,6,12,14H,4-5,7-9,13H2. The largest absolute Gasteiger partial charge is 0.380 e. The molecule has 0 aliphatic carbocycles. The van der Waals surface area contributed by atoms with Gasteiger partial charge in [-0.3, -0.25) is 0 Å². The first-order valence-corrected chi connectivity index (χ1v) is 7.60. The molecule has 0 bridgehead atoms. The second kappa shape index (κ2) is 5.79. The van der Waals surface area contributed by atoms with Gasteiger partial charge < -0.3 is 10.5 Å². The second-order valence-electron chi connectivity index (χ2n) is 4.46. The summed E-state index contributed by atoms with van der Waals surface area (Å²) in [7, 11) is -3.31. The Labute approximate surface area is 107 Å². The average Bonchev–Trinajstić information content (AvgIpc) is 2.80. The molecule has 0 saturated carbocycles. The van der Waals surface area contributed by atoms with Crippen LogP contribution in [0.2, 0.25) is 0 Å². The summed E-state index contributed by atoms with van der Waals surface area (Å²) in [6.45, 7) is 1.50. The van der Waals surface area contributed by atoms with Gasteiger partial charge in [0.15, 0.2) is 0 Å². The van der Waals surface area contributed by atoms with Crippen LogP contribution < -0.4 is 10.5 Å². The SMILES string of the molecule is NCc1cccc(CS(=O)(=O)NC2CCOC2)c1. The maximum absolute atomic E-state index is 12.0. The molecule has 5 nitrogen and oxygen atoms in total. The van der Waals surface area contributed by atoms with Crippen molar-refractivity contribution in [2.45, 2.75) is 24.8 Å². The molecule has 0 spiro atoms. The van der Waals surface area contributed by atoms with Crippen LogP contribution >= 0.6 is 0 Å². The minimum Gasteiger partial charge on any atom is -0.380 e. The van der Waals surface area contributed by atoms with Gasteiger partial charge >= 0.3 is 0 Å². The number of hydrogen-bond donors (Lipinski definition) is 2. The lowest BCUT2D eigenvalue weighted by Gasteiger charge is -2.11. The molecule has 2 rings (SSSR count). The Balaban J connectivity index is 2.02. The predicted molar refractivity (Wildman–Crippen MR) is 69.3 cm³/mol.